The number of fused-ring (bicyclic) bond motifs is 1. The summed E-state index contributed by atoms with van der Waals surface area (Å²) in [6.07, 6.45) is 6.68. The Balaban J connectivity index is 1.82. The average molecular weight is 361 g/mol. The van der Waals surface area contributed by atoms with Crippen molar-refractivity contribution in [2.75, 3.05) is 18.0 Å². The van der Waals surface area contributed by atoms with Crippen LogP contribution in [0.25, 0.3) is 10.9 Å². The summed E-state index contributed by atoms with van der Waals surface area (Å²) in [6, 6.07) is 5.67. The highest BCUT2D eigenvalue weighted by Crippen LogP contribution is 2.54. The minimum absolute atomic E-state index is 0.325. The Labute approximate surface area is 137 Å². The van der Waals surface area contributed by atoms with Crippen LogP contribution in [0.2, 0.25) is 0 Å². The van der Waals surface area contributed by atoms with Crippen molar-refractivity contribution in [1.82, 2.24) is 4.98 Å². The van der Waals surface area contributed by atoms with Gasteiger partial charge in [-0.15, -0.1) is 0 Å². The number of halogens is 1. The highest BCUT2D eigenvalue weighted by molar-refractivity contribution is 9.10. The van der Waals surface area contributed by atoms with E-state index in [1.54, 1.807) is 6.20 Å². The van der Waals surface area contributed by atoms with Crippen LogP contribution in [-0.4, -0.2) is 29.1 Å². The maximum absolute atomic E-state index is 11.8. The van der Waals surface area contributed by atoms with E-state index in [2.05, 4.69) is 25.8 Å². The van der Waals surface area contributed by atoms with E-state index in [1.807, 2.05) is 18.2 Å². The molecule has 0 atom stereocenters. The average Bonchev–Trinajstić information content (AvgIpc) is 3.27. The molecule has 0 unspecified atom stereocenters. The lowest BCUT2D eigenvalue weighted by Crippen LogP contribution is -2.35. The number of benzene rings is 1. The molecule has 1 N–H and O–H groups in total. The van der Waals surface area contributed by atoms with Gasteiger partial charge in [-0.1, -0.05) is 22.0 Å². The van der Waals surface area contributed by atoms with Gasteiger partial charge in [0.2, 0.25) is 0 Å². The summed E-state index contributed by atoms with van der Waals surface area (Å²) in [7, 11) is 0. The van der Waals surface area contributed by atoms with Gasteiger partial charge in [0, 0.05) is 29.1 Å². The van der Waals surface area contributed by atoms with Crippen LogP contribution >= 0.6 is 15.9 Å². The van der Waals surface area contributed by atoms with Gasteiger partial charge >= 0.3 is 5.97 Å². The summed E-state index contributed by atoms with van der Waals surface area (Å²) in [6.45, 7) is 1.87. The Morgan fingerprint density at radius 2 is 2.00 bits per heavy atom. The molecule has 2 heterocycles. The molecule has 4 rings (SSSR count). The number of nitrogens with zero attached hydrogens (tertiary/aromatic N) is 2. The molecule has 1 aliphatic carbocycles. The van der Waals surface area contributed by atoms with Gasteiger partial charge in [-0.25, -0.2) is 4.79 Å². The molecule has 1 spiro atoms. The predicted octanol–water partition coefficient (Wildman–Crippen LogP) is 4.08. The van der Waals surface area contributed by atoms with Crippen molar-refractivity contribution < 1.29 is 9.90 Å². The SMILES string of the molecule is O=C(O)c1c(N2CCC3(CC2)CC3)cc(Br)c2cccnc12. The Kier molecular flexibility index (Phi) is 3.15. The van der Waals surface area contributed by atoms with E-state index in [1.165, 1.54) is 25.7 Å². The third kappa shape index (κ3) is 2.19. The summed E-state index contributed by atoms with van der Waals surface area (Å²) >= 11 is 3.57. The molecule has 2 fully saturated rings. The van der Waals surface area contributed by atoms with Gasteiger partial charge in [0.05, 0.1) is 11.2 Å². The first-order chi connectivity index (χ1) is 10.6. The molecule has 1 saturated heterocycles. The second kappa shape index (κ2) is 4.95. The smallest absolute Gasteiger partial charge is 0.340 e. The van der Waals surface area contributed by atoms with Gasteiger partial charge in [-0.3, -0.25) is 4.98 Å². The fraction of sp³-hybridized carbons (Fsp3) is 0.412. The Morgan fingerprint density at radius 3 is 2.64 bits per heavy atom. The number of anilines is 1. The number of hydrogen-bond donors (Lipinski definition) is 1. The van der Waals surface area contributed by atoms with Crippen LogP contribution in [0.1, 0.15) is 36.0 Å². The van der Waals surface area contributed by atoms with Crippen LogP contribution in [0.15, 0.2) is 28.9 Å². The number of carbonyl (C=O) groups is 1. The monoisotopic (exact) mass is 360 g/mol. The zero-order valence-corrected chi connectivity index (χ0v) is 13.8. The molecule has 5 heteroatoms. The number of piperidine rings is 1. The molecule has 1 aliphatic heterocycles. The van der Waals surface area contributed by atoms with Gasteiger partial charge in [-0.2, -0.15) is 0 Å². The van der Waals surface area contributed by atoms with Gasteiger partial charge in [-0.05, 0) is 43.2 Å². The van der Waals surface area contributed by atoms with Crippen molar-refractivity contribution in [3.63, 3.8) is 0 Å². The van der Waals surface area contributed by atoms with Crippen molar-refractivity contribution in [3.8, 4) is 0 Å². The molecule has 1 aromatic carbocycles. The zero-order chi connectivity index (χ0) is 15.3. The van der Waals surface area contributed by atoms with Crippen molar-refractivity contribution >= 4 is 38.5 Å². The molecule has 0 bridgehead atoms. The predicted molar refractivity (Wildman–Crippen MR) is 89.5 cm³/mol. The largest absolute Gasteiger partial charge is 0.478 e. The summed E-state index contributed by atoms with van der Waals surface area (Å²) in [5.41, 5.74) is 2.25. The maximum atomic E-state index is 11.8. The molecule has 2 aromatic rings. The normalized spacial score (nSPS) is 19.6. The second-order valence-electron chi connectivity index (χ2n) is 6.44. The lowest BCUT2D eigenvalue weighted by molar-refractivity contribution is 0.0699. The molecule has 2 aliphatic rings. The maximum Gasteiger partial charge on any atom is 0.340 e. The molecule has 22 heavy (non-hydrogen) atoms. The van der Waals surface area contributed by atoms with Crippen LogP contribution in [-0.2, 0) is 0 Å². The van der Waals surface area contributed by atoms with Gasteiger partial charge in [0.1, 0.15) is 5.56 Å². The number of hydrogen-bond acceptors (Lipinski definition) is 3. The van der Waals surface area contributed by atoms with E-state index >= 15 is 0 Å². The quantitative estimate of drug-likeness (QED) is 0.876. The third-order valence-electron chi connectivity index (χ3n) is 5.16. The fourth-order valence-corrected chi connectivity index (χ4v) is 4.08. The fourth-order valence-electron chi connectivity index (χ4n) is 3.55. The zero-order valence-electron chi connectivity index (χ0n) is 12.2. The molecule has 1 aromatic heterocycles. The molecule has 4 nitrogen and oxygen atoms in total. The van der Waals surface area contributed by atoms with E-state index in [9.17, 15) is 9.90 Å². The molecular formula is C17H17BrN2O2. The van der Waals surface area contributed by atoms with E-state index in [0.29, 0.717) is 16.5 Å². The summed E-state index contributed by atoms with van der Waals surface area (Å²) in [4.78, 5) is 18.4. The lowest BCUT2D eigenvalue weighted by atomic mass is 9.92. The summed E-state index contributed by atoms with van der Waals surface area (Å²) in [5, 5.41) is 10.6. The number of aromatic nitrogens is 1. The lowest BCUT2D eigenvalue weighted by Gasteiger charge is -2.34. The first-order valence-electron chi connectivity index (χ1n) is 7.65. The highest BCUT2D eigenvalue weighted by Gasteiger charge is 2.44. The second-order valence-corrected chi connectivity index (χ2v) is 7.30. The number of carboxylic acid groups (broad SMARTS) is 1. The molecule has 1 saturated carbocycles. The van der Waals surface area contributed by atoms with Crippen molar-refractivity contribution in [3.05, 3.63) is 34.4 Å². The Hall–Kier alpha value is -1.62. The Bertz CT molecular complexity index is 761. The van der Waals surface area contributed by atoms with Gasteiger partial charge < -0.3 is 10.0 Å². The van der Waals surface area contributed by atoms with Crippen molar-refractivity contribution in [2.45, 2.75) is 25.7 Å². The minimum Gasteiger partial charge on any atom is -0.478 e. The first kappa shape index (κ1) is 14.0. The van der Waals surface area contributed by atoms with Crippen LogP contribution in [0, 0.1) is 5.41 Å². The third-order valence-corrected chi connectivity index (χ3v) is 5.81. The van der Waals surface area contributed by atoms with E-state index in [0.717, 1.165) is 28.6 Å². The Morgan fingerprint density at radius 1 is 1.27 bits per heavy atom. The number of rotatable bonds is 2. The van der Waals surface area contributed by atoms with Crippen molar-refractivity contribution in [2.24, 2.45) is 5.41 Å². The van der Waals surface area contributed by atoms with Gasteiger partial charge in [0.15, 0.2) is 0 Å². The first-order valence-corrected chi connectivity index (χ1v) is 8.44. The molecule has 0 radical (unpaired) electrons. The van der Waals surface area contributed by atoms with Crippen molar-refractivity contribution in [1.29, 1.82) is 0 Å². The topological polar surface area (TPSA) is 53.4 Å². The molecule has 114 valence electrons. The van der Waals surface area contributed by atoms with Crippen LogP contribution in [0.5, 0.6) is 0 Å². The number of pyridine rings is 1. The molecule has 0 amide bonds. The van der Waals surface area contributed by atoms with E-state index in [-0.39, 0.29) is 0 Å². The van der Waals surface area contributed by atoms with Crippen LogP contribution in [0.3, 0.4) is 0 Å². The summed E-state index contributed by atoms with van der Waals surface area (Å²) < 4.78 is 0.905. The van der Waals surface area contributed by atoms with Crippen LogP contribution in [0.4, 0.5) is 5.69 Å². The highest BCUT2D eigenvalue weighted by atomic mass is 79.9. The van der Waals surface area contributed by atoms with E-state index in [4.69, 9.17) is 0 Å². The standard InChI is InChI=1S/C17H17BrN2O2/c18-12-10-13(20-8-5-17(3-4-17)6-9-20)14(16(21)22)15-11(12)2-1-7-19-15/h1-2,7,10H,3-6,8-9H2,(H,21,22). The van der Waals surface area contributed by atoms with E-state index < -0.39 is 5.97 Å². The minimum atomic E-state index is -0.905. The van der Waals surface area contributed by atoms with Crippen LogP contribution < -0.4 is 4.90 Å². The van der Waals surface area contributed by atoms with Gasteiger partial charge in [0.25, 0.3) is 0 Å². The number of carboxylic acids is 1. The summed E-state index contributed by atoms with van der Waals surface area (Å²) in [5.74, 6) is -0.905. The number of aromatic carboxylic acids is 1. The molecular weight excluding hydrogens is 344 g/mol.